The molecule has 0 atom stereocenters. The largest absolute Gasteiger partial charge is 0.383 e. The molecule has 68 valence electrons. The predicted octanol–water partition coefficient (Wildman–Crippen LogP) is 0.872. The van der Waals surface area contributed by atoms with Gasteiger partial charge in [-0.2, -0.15) is 0 Å². The first-order valence-electron chi connectivity index (χ1n) is 4.18. The van der Waals surface area contributed by atoms with Gasteiger partial charge in [-0.1, -0.05) is 25.4 Å². The Morgan fingerprint density at radius 1 is 1.54 bits per heavy atom. The number of hydrogen-bond donors (Lipinski definition) is 2. The lowest BCUT2D eigenvalue weighted by atomic mass is 9.96. The first-order valence-corrected chi connectivity index (χ1v) is 4.18. The van der Waals surface area contributed by atoms with Crippen LogP contribution in [0.3, 0.4) is 0 Å². The maximum atomic E-state index is 7.30. The van der Waals surface area contributed by atoms with Gasteiger partial charge in [0.05, 0.1) is 0 Å². The van der Waals surface area contributed by atoms with Crippen LogP contribution in [-0.4, -0.2) is 18.5 Å². The number of nitrogen functional groups attached to an aromatic ring is 1. The quantitative estimate of drug-likeness (QED) is 0.491. The molecule has 1 aromatic rings. The molecule has 0 unspecified atom stereocenters. The van der Waals surface area contributed by atoms with Crippen molar-refractivity contribution in [2.75, 3.05) is 5.73 Å². The molecule has 0 aromatic carbocycles. The molecule has 0 aliphatic carbocycles. The fraction of sp³-hybridized carbons (Fsp3) is 0.333. The van der Waals surface area contributed by atoms with Gasteiger partial charge in [0.15, 0.2) is 0 Å². The van der Waals surface area contributed by atoms with E-state index in [9.17, 15) is 0 Å². The van der Waals surface area contributed by atoms with E-state index in [1.807, 2.05) is 13.8 Å². The van der Waals surface area contributed by atoms with Crippen molar-refractivity contribution in [3.8, 4) is 0 Å². The van der Waals surface area contributed by atoms with E-state index in [0.717, 1.165) is 0 Å². The molecule has 3 N–H and O–H groups in total. The zero-order valence-electron chi connectivity index (χ0n) is 8.26. The second kappa shape index (κ2) is 5.35. The van der Waals surface area contributed by atoms with Crippen LogP contribution < -0.4 is 11.2 Å². The van der Waals surface area contributed by atoms with Gasteiger partial charge in [0.2, 0.25) is 0 Å². The van der Waals surface area contributed by atoms with Crippen molar-refractivity contribution in [1.82, 2.24) is 4.98 Å². The Kier molecular flexibility index (Phi) is 4.81. The van der Waals surface area contributed by atoms with Crippen molar-refractivity contribution < 1.29 is 0 Å². The average molecular weight is 175 g/mol. The number of anilines is 1. The highest BCUT2D eigenvalue weighted by atomic mass is 14.8. The fourth-order valence-corrected chi connectivity index (χ4v) is 0.792. The van der Waals surface area contributed by atoms with E-state index in [-0.39, 0.29) is 0 Å². The summed E-state index contributed by atoms with van der Waals surface area (Å²) in [6, 6.07) is 1.64. The summed E-state index contributed by atoms with van der Waals surface area (Å²) in [4.78, 5) is 3.81. The summed E-state index contributed by atoms with van der Waals surface area (Å²) in [5.74, 6) is 0.353. The SMILES string of the molecule is CC.[B]c1cnc(N)c(C(C)=N)c1. The van der Waals surface area contributed by atoms with Crippen molar-refractivity contribution in [3.05, 3.63) is 17.8 Å². The van der Waals surface area contributed by atoms with Gasteiger partial charge >= 0.3 is 0 Å². The standard InChI is InChI=1S/C7H8BN3.C2H6/c1-4(9)6-2-5(8)3-11-7(6)10;1-2/h2-3,9H,1H3,(H2,10,11);1-2H3. The monoisotopic (exact) mass is 175 g/mol. The predicted molar refractivity (Wildman–Crippen MR) is 57.9 cm³/mol. The smallest absolute Gasteiger partial charge is 0.132 e. The van der Waals surface area contributed by atoms with Gasteiger partial charge in [-0.25, -0.2) is 4.98 Å². The van der Waals surface area contributed by atoms with Crippen LogP contribution >= 0.6 is 0 Å². The third-order valence-corrected chi connectivity index (χ3v) is 1.34. The molecule has 1 rings (SSSR count). The maximum Gasteiger partial charge on any atom is 0.132 e. The van der Waals surface area contributed by atoms with Gasteiger partial charge in [0.25, 0.3) is 0 Å². The number of nitrogens with two attached hydrogens (primary N) is 1. The van der Waals surface area contributed by atoms with E-state index < -0.39 is 0 Å². The Labute approximate surface area is 80.3 Å². The van der Waals surface area contributed by atoms with E-state index in [1.54, 1.807) is 13.0 Å². The van der Waals surface area contributed by atoms with Crippen LogP contribution in [0.4, 0.5) is 5.82 Å². The van der Waals surface area contributed by atoms with Crippen LogP contribution in [0.5, 0.6) is 0 Å². The summed E-state index contributed by atoms with van der Waals surface area (Å²) in [7, 11) is 5.45. The molecular formula is C9H14BN3. The lowest BCUT2D eigenvalue weighted by Gasteiger charge is -2.02. The van der Waals surface area contributed by atoms with Gasteiger partial charge in [-0.15, -0.1) is 0 Å². The Hall–Kier alpha value is -1.32. The second-order valence-electron chi connectivity index (χ2n) is 2.33. The van der Waals surface area contributed by atoms with Gasteiger partial charge in [-0.3, -0.25) is 0 Å². The van der Waals surface area contributed by atoms with Crippen LogP contribution in [0, 0.1) is 5.41 Å². The lowest BCUT2D eigenvalue weighted by Crippen LogP contribution is -2.10. The minimum atomic E-state index is 0.353. The Morgan fingerprint density at radius 2 is 2.08 bits per heavy atom. The summed E-state index contributed by atoms with van der Waals surface area (Å²) in [5.41, 5.74) is 6.99. The van der Waals surface area contributed by atoms with Gasteiger partial charge in [-0.05, 0) is 6.92 Å². The highest BCUT2D eigenvalue weighted by molar-refractivity contribution is 6.32. The third kappa shape index (κ3) is 3.28. The molecule has 2 radical (unpaired) electrons. The van der Waals surface area contributed by atoms with Crippen molar-refractivity contribution in [1.29, 1.82) is 5.41 Å². The molecule has 0 saturated heterocycles. The highest BCUT2D eigenvalue weighted by Crippen LogP contribution is 2.04. The summed E-state index contributed by atoms with van der Waals surface area (Å²) >= 11 is 0. The normalized spacial score (nSPS) is 8.54. The molecule has 0 bridgehead atoms. The molecule has 1 aromatic heterocycles. The fourth-order valence-electron chi connectivity index (χ4n) is 0.792. The molecule has 1 heterocycles. The van der Waals surface area contributed by atoms with Crippen LogP contribution in [0.2, 0.25) is 0 Å². The van der Waals surface area contributed by atoms with Crippen LogP contribution in [0.25, 0.3) is 0 Å². The lowest BCUT2D eigenvalue weighted by molar-refractivity contribution is 1.33. The zero-order valence-corrected chi connectivity index (χ0v) is 8.26. The van der Waals surface area contributed by atoms with E-state index in [0.29, 0.717) is 22.6 Å². The first kappa shape index (κ1) is 11.7. The van der Waals surface area contributed by atoms with Crippen LogP contribution in [-0.2, 0) is 0 Å². The van der Waals surface area contributed by atoms with Gasteiger partial charge in [0, 0.05) is 17.5 Å². The summed E-state index contributed by atoms with van der Waals surface area (Å²) in [5, 5.41) is 7.30. The molecule has 3 nitrogen and oxygen atoms in total. The molecule has 0 fully saturated rings. The summed E-state index contributed by atoms with van der Waals surface area (Å²) < 4.78 is 0. The van der Waals surface area contributed by atoms with Gasteiger partial charge in [0.1, 0.15) is 13.7 Å². The molecule has 0 aliphatic heterocycles. The van der Waals surface area contributed by atoms with Crippen LogP contribution in [0.1, 0.15) is 26.3 Å². The minimum Gasteiger partial charge on any atom is -0.383 e. The number of rotatable bonds is 1. The highest BCUT2D eigenvalue weighted by Gasteiger charge is 2.01. The number of nitrogens with one attached hydrogen (secondary N) is 1. The van der Waals surface area contributed by atoms with E-state index in [2.05, 4.69) is 4.98 Å². The maximum absolute atomic E-state index is 7.30. The summed E-state index contributed by atoms with van der Waals surface area (Å²) in [6.07, 6.45) is 1.47. The molecule has 13 heavy (non-hydrogen) atoms. The molecular weight excluding hydrogens is 161 g/mol. The zero-order chi connectivity index (χ0) is 10.4. The van der Waals surface area contributed by atoms with Crippen molar-refractivity contribution >= 4 is 24.8 Å². The molecule has 0 spiro atoms. The number of nitrogens with zero attached hydrogens (tertiary/aromatic N) is 1. The number of aromatic nitrogens is 1. The van der Waals surface area contributed by atoms with E-state index >= 15 is 0 Å². The van der Waals surface area contributed by atoms with E-state index in [4.69, 9.17) is 19.0 Å². The van der Waals surface area contributed by atoms with Gasteiger partial charge < -0.3 is 11.1 Å². The molecule has 4 heteroatoms. The van der Waals surface area contributed by atoms with Crippen molar-refractivity contribution in [3.63, 3.8) is 0 Å². The molecule has 0 amide bonds. The second-order valence-corrected chi connectivity index (χ2v) is 2.33. The number of pyridine rings is 1. The third-order valence-electron chi connectivity index (χ3n) is 1.34. The summed E-state index contributed by atoms with van der Waals surface area (Å²) in [6.45, 7) is 5.65. The number of hydrogen-bond acceptors (Lipinski definition) is 3. The topological polar surface area (TPSA) is 62.8 Å². The molecule has 0 saturated carbocycles. The van der Waals surface area contributed by atoms with Crippen molar-refractivity contribution in [2.45, 2.75) is 20.8 Å². The molecule has 0 aliphatic rings. The Bertz CT molecular complexity index is 297. The van der Waals surface area contributed by atoms with E-state index in [1.165, 1.54) is 6.20 Å². The van der Waals surface area contributed by atoms with Crippen molar-refractivity contribution in [2.24, 2.45) is 0 Å². The van der Waals surface area contributed by atoms with Crippen LogP contribution in [0.15, 0.2) is 12.3 Å². The average Bonchev–Trinajstić information content (AvgIpc) is 2.12. The first-order chi connectivity index (χ1) is 6.11. The Balaban J connectivity index is 0.000000671. The Morgan fingerprint density at radius 3 is 2.46 bits per heavy atom. The minimum absolute atomic E-state index is 0.353.